The third-order valence-electron chi connectivity index (χ3n) is 11.4. The van der Waals surface area contributed by atoms with Gasteiger partial charge in [-0.05, 0) is 104 Å². The highest BCUT2D eigenvalue weighted by Gasteiger charge is 2.23. The number of fused-ring (bicyclic) bond motifs is 9. The summed E-state index contributed by atoms with van der Waals surface area (Å²) in [7, 11) is 0. The maximum Gasteiger partial charge on any atom is 0.0547 e. The van der Waals surface area contributed by atoms with Gasteiger partial charge in [0.2, 0.25) is 0 Å². The molecule has 254 valence electrons. The van der Waals surface area contributed by atoms with Crippen molar-refractivity contribution in [1.82, 2.24) is 4.57 Å². The van der Waals surface area contributed by atoms with E-state index in [-0.39, 0.29) is 5.92 Å². The molecule has 0 saturated carbocycles. The van der Waals surface area contributed by atoms with Crippen molar-refractivity contribution in [2.24, 2.45) is 0 Å². The van der Waals surface area contributed by atoms with Gasteiger partial charge in [0.15, 0.2) is 0 Å². The second-order valence-electron chi connectivity index (χ2n) is 14.5. The van der Waals surface area contributed by atoms with Crippen LogP contribution in [0.1, 0.15) is 22.6 Å². The lowest BCUT2D eigenvalue weighted by molar-refractivity contribution is 0.809. The molecule has 2 heterocycles. The van der Waals surface area contributed by atoms with E-state index in [9.17, 15) is 0 Å². The van der Waals surface area contributed by atoms with Crippen molar-refractivity contribution in [3.05, 3.63) is 211 Å². The molecule has 54 heavy (non-hydrogen) atoms. The summed E-state index contributed by atoms with van der Waals surface area (Å²) in [6.07, 6.45) is 0.888. The molecule has 2 heteroatoms. The zero-order chi connectivity index (χ0) is 35.6. The van der Waals surface area contributed by atoms with E-state index in [2.05, 4.69) is 199 Å². The topological polar surface area (TPSA) is 4.93 Å². The Bertz CT molecular complexity index is 3200. The molecule has 1 unspecified atom stereocenters. The van der Waals surface area contributed by atoms with Crippen LogP contribution in [-0.2, 0) is 6.42 Å². The molecule has 0 aliphatic rings. The lowest BCUT2D eigenvalue weighted by atomic mass is 9.81. The Hall–Kier alpha value is -6.48. The van der Waals surface area contributed by atoms with Crippen molar-refractivity contribution in [2.45, 2.75) is 12.3 Å². The Kier molecular flexibility index (Phi) is 7.24. The van der Waals surface area contributed by atoms with E-state index in [4.69, 9.17) is 0 Å². The maximum absolute atomic E-state index is 2.51. The van der Waals surface area contributed by atoms with Gasteiger partial charge in [0.25, 0.3) is 0 Å². The van der Waals surface area contributed by atoms with Gasteiger partial charge >= 0.3 is 0 Å². The van der Waals surface area contributed by atoms with Gasteiger partial charge in [0.1, 0.15) is 0 Å². The second kappa shape index (κ2) is 12.6. The molecular formula is C52H35NS. The molecule has 0 bridgehead atoms. The van der Waals surface area contributed by atoms with Gasteiger partial charge in [-0.2, -0.15) is 0 Å². The zero-order valence-corrected chi connectivity index (χ0v) is 30.4. The highest BCUT2D eigenvalue weighted by Crippen LogP contribution is 2.42. The van der Waals surface area contributed by atoms with Gasteiger partial charge in [0, 0.05) is 42.6 Å². The van der Waals surface area contributed by atoms with Crippen molar-refractivity contribution in [1.29, 1.82) is 0 Å². The van der Waals surface area contributed by atoms with Crippen molar-refractivity contribution < 1.29 is 0 Å². The normalized spacial score (nSPS) is 12.4. The van der Waals surface area contributed by atoms with Crippen LogP contribution in [0.4, 0.5) is 0 Å². The van der Waals surface area contributed by atoms with Crippen LogP contribution in [0.25, 0.3) is 80.3 Å². The number of hydrogen-bond acceptors (Lipinski definition) is 1. The summed E-state index contributed by atoms with van der Waals surface area (Å²) in [6.45, 7) is 0. The quantitative estimate of drug-likeness (QED) is 0.162. The van der Waals surface area contributed by atoms with Gasteiger partial charge in [-0.25, -0.2) is 0 Å². The number of benzene rings is 9. The van der Waals surface area contributed by atoms with Crippen LogP contribution in [0, 0.1) is 0 Å². The van der Waals surface area contributed by atoms with E-state index < -0.39 is 0 Å². The standard InChI is InChI=1S/C52H35NS/c1-2-13-36(14-3-1)41-17-8-9-19-43(41)45(30-34-22-29-51-46(31-34)44-20-10-11-21-50(44)54-51)39-25-27-48-47(33-39)52-42-18-7-6-15-37(42)24-28-49(52)53(48)40-26-23-35-12-4-5-16-38(35)32-40/h1-29,31-33,45H,30H2. The fraction of sp³-hybridized carbons (Fsp3) is 0.0385. The molecule has 11 rings (SSSR count). The molecule has 2 aromatic heterocycles. The lowest BCUT2D eigenvalue weighted by Crippen LogP contribution is -2.07. The second-order valence-corrected chi connectivity index (χ2v) is 15.5. The van der Waals surface area contributed by atoms with Crippen LogP contribution in [0.15, 0.2) is 194 Å². The van der Waals surface area contributed by atoms with Crippen LogP contribution in [0.3, 0.4) is 0 Å². The molecule has 0 N–H and O–H groups in total. The Morgan fingerprint density at radius 2 is 1.15 bits per heavy atom. The summed E-state index contributed by atoms with van der Waals surface area (Å²) in [5.74, 6) is 0.127. The van der Waals surface area contributed by atoms with E-state index >= 15 is 0 Å². The molecule has 0 aliphatic heterocycles. The molecule has 11 aromatic rings. The molecule has 1 atom stereocenters. The first-order valence-corrected chi connectivity index (χ1v) is 19.6. The third kappa shape index (κ3) is 5.06. The Balaban J connectivity index is 1.16. The van der Waals surface area contributed by atoms with E-state index in [1.807, 2.05) is 11.3 Å². The Morgan fingerprint density at radius 3 is 2.06 bits per heavy atom. The number of rotatable bonds is 6. The van der Waals surface area contributed by atoms with Gasteiger partial charge in [0.05, 0.1) is 11.0 Å². The van der Waals surface area contributed by atoms with E-state index in [0.717, 1.165) is 6.42 Å². The summed E-state index contributed by atoms with van der Waals surface area (Å²) < 4.78 is 5.16. The average molecular weight is 706 g/mol. The van der Waals surface area contributed by atoms with Crippen LogP contribution in [-0.4, -0.2) is 4.57 Å². The fourth-order valence-corrected chi connectivity index (χ4v) is 9.93. The van der Waals surface area contributed by atoms with Crippen LogP contribution in [0.2, 0.25) is 0 Å². The average Bonchev–Trinajstić information content (AvgIpc) is 3.78. The Labute approximate surface area is 318 Å². The fourth-order valence-electron chi connectivity index (χ4n) is 8.84. The van der Waals surface area contributed by atoms with Crippen molar-refractivity contribution in [2.75, 3.05) is 0 Å². The highest BCUT2D eigenvalue weighted by atomic mass is 32.1. The zero-order valence-electron chi connectivity index (χ0n) is 29.6. The smallest absolute Gasteiger partial charge is 0.0547 e. The number of nitrogens with zero attached hydrogens (tertiary/aromatic N) is 1. The molecule has 0 aliphatic carbocycles. The van der Waals surface area contributed by atoms with Gasteiger partial charge in [-0.1, -0.05) is 146 Å². The van der Waals surface area contributed by atoms with Crippen LogP contribution >= 0.6 is 11.3 Å². The van der Waals surface area contributed by atoms with E-state index in [1.54, 1.807) is 0 Å². The van der Waals surface area contributed by atoms with Gasteiger partial charge in [-0.15, -0.1) is 11.3 Å². The Morgan fingerprint density at radius 1 is 0.444 bits per heavy atom. The summed E-state index contributed by atoms with van der Waals surface area (Å²) in [5, 5.41) is 10.3. The van der Waals surface area contributed by atoms with Crippen molar-refractivity contribution in [3.63, 3.8) is 0 Å². The van der Waals surface area contributed by atoms with Crippen LogP contribution in [0.5, 0.6) is 0 Å². The predicted octanol–water partition coefficient (Wildman–Crippen LogP) is 14.5. The number of aromatic nitrogens is 1. The largest absolute Gasteiger partial charge is 0.309 e. The summed E-state index contributed by atoms with van der Waals surface area (Å²) in [5.41, 5.74) is 10.2. The minimum Gasteiger partial charge on any atom is -0.309 e. The maximum atomic E-state index is 2.51. The lowest BCUT2D eigenvalue weighted by Gasteiger charge is -2.22. The number of hydrogen-bond donors (Lipinski definition) is 0. The molecule has 0 fully saturated rings. The summed E-state index contributed by atoms with van der Waals surface area (Å²) >= 11 is 1.88. The van der Waals surface area contributed by atoms with Crippen molar-refractivity contribution in [3.8, 4) is 16.8 Å². The van der Waals surface area contributed by atoms with Gasteiger partial charge in [-0.3, -0.25) is 0 Å². The first-order valence-electron chi connectivity index (χ1n) is 18.8. The monoisotopic (exact) mass is 705 g/mol. The summed E-state index contributed by atoms with van der Waals surface area (Å²) in [6, 6.07) is 72.1. The van der Waals surface area contributed by atoms with Crippen molar-refractivity contribution >= 4 is 74.9 Å². The van der Waals surface area contributed by atoms with E-state index in [1.165, 1.54) is 97.0 Å². The molecular weight excluding hydrogens is 671 g/mol. The third-order valence-corrected chi connectivity index (χ3v) is 12.5. The summed E-state index contributed by atoms with van der Waals surface area (Å²) in [4.78, 5) is 0. The molecule has 0 saturated heterocycles. The number of thiophene rings is 1. The van der Waals surface area contributed by atoms with Gasteiger partial charge < -0.3 is 4.57 Å². The molecule has 1 nitrogen and oxygen atoms in total. The SMILES string of the molecule is c1ccc(-c2ccccc2C(Cc2ccc3sc4ccccc4c3c2)c2ccc3c(c2)c2c4ccccc4ccc2n3-c2ccc3ccccc3c2)cc1. The minimum atomic E-state index is 0.127. The molecule has 0 amide bonds. The van der Waals surface area contributed by atoms with E-state index in [0.29, 0.717) is 0 Å². The molecule has 0 spiro atoms. The highest BCUT2D eigenvalue weighted by molar-refractivity contribution is 7.25. The molecule has 0 radical (unpaired) electrons. The minimum absolute atomic E-state index is 0.127. The first kappa shape index (κ1) is 31.1. The van der Waals surface area contributed by atoms with Crippen LogP contribution < -0.4 is 0 Å². The first-order chi connectivity index (χ1) is 26.8. The molecule has 9 aromatic carbocycles. The predicted molar refractivity (Wildman–Crippen MR) is 233 cm³/mol.